The molecule has 1 aromatic carbocycles. The van der Waals surface area contributed by atoms with Crippen LogP contribution in [0.3, 0.4) is 0 Å². The van der Waals surface area contributed by atoms with E-state index >= 15 is 0 Å². The lowest BCUT2D eigenvalue weighted by Crippen LogP contribution is -2.40. The molecule has 3 rings (SSSR count). The van der Waals surface area contributed by atoms with Gasteiger partial charge in [0.25, 0.3) is 0 Å². The highest BCUT2D eigenvalue weighted by Gasteiger charge is 2.26. The molecule has 2 N–H and O–H groups in total. The fraction of sp³-hybridized carbons (Fsp3) is 0.333. The fourth-order valence-electron chi connectivity index (χ4n) is 2.97. The zero-order valence-electron chi connectivity index (χ0n) is 14.5. The molecule has 2 amide bonds. The molecular formula is C18H20ClN5O2. The Kier molecular flexibility index (Phi) is 5.37. The number of aromatic amines is 1. The van der Waals surface area contributed by atoms with Crippen LogP contribution in [0.5, 0.6) is 0 Å². The number of amides is 2. The standard InChI is InChI=1S/C18H20ClN5O2/c1-3-16(25)24-8-6-12(7-9-24)18(26)21-13-4-5-14(15(19)10-13)17-20-11(2)22-23-17/h3-5,10,12H,1,6-9H2,2H3,(H,21,26)(H,20,22,23). The van der Waals surface area contributed by atoms with Gasteiger partial charge < -0.3 is 10.2 Å². The molecule has 0 bridgehead atoms. The van der Waals surface area contributed by atoms with Crippen molar-refractivity contribution < 1.29 is 9.59 Å². The molecule has 1 fully saturated rings. The Morgan fingerprint density at radius 3 is 2.69 bits per heavy atom. The summed E-state index contributed by atoms with van der Waals surface area (Å²) in [6, 6.07) is 5.25. The quantitative estimate of drug-likeness (QED) is 0.806. The van der Waals surface area contributed by atoms with Gasteiger partial charge in [-0.2, -0.15) is 5.10 Å². The minimum absolute atomic E-state index is 0.0618. The summed E-state index contributed by atoms with van der Waals surface area (Å²) in [6.45, 7) is 6.43. The number of nitrogens with zero attached hydrogens (tertiary/aromatic N) is 3. The number of piperidine rings is 1. The van der Waals surface area contributed by atoms with Crippen molar-refractivity contribution in [2.45, 2.75) is 19.8 Å². The monoisotopic (exact) mass is 373 g/mol. The molecule has 0 saturated carbocycles. The minimum atomic E-state index is -0.127. The maximum absolute atomic E-state index is 12.5. The van der Waals surface area contributed by atoms with Crippen molar-refractivity contribution in [2.75, 3.05) is 18.4 Å². The third-order valence-electron chi connectivity index (χ3n) is 4.43. The summed E-state index contributed by atoms with van der Waals surface area (Å²) in [6.07, 6.45) is 2.57. The van der Waals surface area contributed by atoms with Crippen molar-refractivity contribution >= 4 is 29.1 Å². The highest BCUT2D eigenvalue weighted by Crippen LogP contribution is 2.29. The Bertz CT molecular complexity index is 840. The molecule has 1 saturated heterocycles. The van der Waals surface area contributed by atoms with Gasteiger partial charge in [-0.1, -0.05) is 18.2 Å². The van der Waals surface area contributed by atoms with Gasteiger partial charge in [-0.25, -0.2) is 4.98 Å². The first-order valence-electron chi connectivity index (χ1n) is 8.39. The number of aryl methyl sites for hydroxylation is 1. The molecule has 0 radical (unpaired) electrons. The van der Waals surface area contributed by atoms with Gasteiger partial charge in [-0.05, 0) is 44.0 Å². The van der Waals surface area contributed by atoms with Crippen LogP contribution in [-0.4, -0.2) is 45.0 Å². The summed E-state index contributed by atoms with van der Waals surface area (Å²) in [4.78, 5) is 30.0. The third-order valence-corrected chi connectivity index (χ3v) is 4.74. The van der Waals surface area contributed by atoms with Gasteiger partial charge in [0.15, 0.2) is 5.82 Å². The average Bonchev–Trinajstić information content (AvgIpc) is 3.07. The molecule has 8 heteroatoms. The summed E-state index contributed by atoms with van der Waals surface area (Å²) in [7, 11) is 0. The van der Waals surface area contributed by atoms with Crippen LogP contribution in [0, 0.1) is 12.8 Å². The van der Waals surface area contributed by atoms with Gasteiger partial charge in [-0.3, -0.25) is 14.7 Å². The van der Waals surface area contributed by atoms with Crippen LogP contribution in [0.4, 0.5) is 5.69 Å². The van der Waals surface area contributed by atoms with Gasteiger partial charge in [-0.15, -0.1) is 0 Å². The molecule has 26 heavy (non-hydrogen) atoms. The summed E-state index contributed by atoms with van der Waals surface area (Å²) in [5.74, 6) is 0.944. The Labute approximate surface area is 156 Å². The van der Waals surface area contributed by atoms with Crippen molar-refractivity contribution in [2.24, 2.45) is 5.92 Å². The minimum Gasteiger partial charge on any atom is -0.339 e. The smallest absolute Gasteiger partial charge is 0.245 e. The first kappa shape index (κ1) is 18.1. The maximum Gasteiger partial charge on any atom is 0.245 e. The van der Waals surface area contributed by atoms with Crippen LogP contribution < -0.4 is 5.32 Å². The largest absolute Gasteiger partial charge is 0.339 e. The van der Waals surface area contributed by atoms with Crippen LogP contribution in [0.15, 0.2) is 30.9 Å². The molecule has 2 heterocycles. The summed E-state index contributed by atoms with van der Waals surface area (Å²) in [5, 5.41) is 10.2. The lowest BCUT2D eigenvalue weighted by molar-refractivity contribution is -0.130. The van der Waals surface area contributed by atoms with Gasteiger partial charge in [0.2, 0.25) is 11.8 Å². The SMILES string of the molecule is C=CC(=O)N1CCC(C(=O)Nc2ccc(-c3n[nH]c(C)n3)c(Cl)c2)CC1. The molecule has 0 aliphatic carbocycles. The van der Waals surface area contributed by atoms with E-state index < -0.39 is 0 Å². The summed E-state index contributed by atoms with van der Waals surface area (Å²) < 4.78 is 0. The number of hydrogen-bond donors (Lipinski definition) is 2. The molecule has 0 spiro atoms. The van der Waals surface area contributed by atoms with E-state index in [1.165, 1.54) is 6.08 Å². The van der Waals surface area contributed by atoms with Crippen LogP contribution in [0.1, 0.15) is 18.7 Å². The van der Waals surface area contributed by atoms with Crippen molar-refractivity contribution in [1.82, 2.24) is 20.1 Å². The van der Waals surface area contributed by atoms with Gasteiger partial charge in [0.05, 0.1) is 5.02 Å². The zero-order valence-corrected chi connectivity index (χ0v) is 15.2. The second kappa shape index (κ2) is 7.70. The summed E-state index contributed by atoms with van der Waals surface area (Å²) >= 11 is 6.31. The van der Waals surface area contributed by atoms with Gasteiger partial charge in [0.1, 0.15) is 5.82 Å². The number of benzene rings is 1. The van der Waals surface area contributed by atoms with Crippen molar-refractivity contribution in [3.63, 3.8) is 0 Å². The predicted octanol–water partition coefficient (Wildman–Crippen LogP) is 2.80. The van der Waals surface area contributed by atoms with E-state index in [0.29, 0.717) is 53.9 Å². The fourth-order valence-corrected chi connectivity index (χ4v) is 3.24. The molecule has 0 atom stereocenters. The number of carbonyl (C=O) groups excluding carboxylic acids is 2. The topological polar surface area (TPSA) is 91.0 Å². The Balaban J connectivity index is 1.62. The Morgan fingerprint density at radius 1 is 1.38 bits per heavy atom. The van der Waals surface area contributed by atoms with Crippen molar-refractivity contribution in [3.8, 4) is 11.4 Å². The number of halogens is 1. The normalized spacial score (nSPS) is 14.9. The Morgan fingerprint density at radius 2 is 2.12 bits per heavy atom. The number of hydrogen-bond acceptors (Lipinski definition) is 4. The van der Waals surface area contributed by atoms with E-state index in [0.717, 1.165) is 0 Å². The lowest BCUT2D eigenvalue weighted by atomic mass is 9.95. The second-order valence-electron chi connectivity index (χ2n) is 6.23. The number of H-pyrrole nitrogens is 1. The Hall–Kier alpha value is -2.67. The lowest BCUT2D eigenvalue weighted by Gasteiger charge is -2.30. The first-order chi connectivity index (χ1) is 12.5. The molecule has 1 aromatic heterocycles. The van der Waals surface area contributed by atoms with Crippen molar-refractivity contribution in [1.29, 1.82) is 0 Å². The molecule has 1 aliphatic rings. The van der Waals surface area contributed by atoms with Crippen LogP contribution in [0.2, 0.25) is 5.02 Å². The summed E-state index contributed by atoms with van der Waals surface area (Å²) in [5.41, 5.74) is 1.32. The van der Waals surface area contributed by atoms with E-state index in [2.05, 4.69) is 27.1 Å². The first-order valence-corrected chi connectivity index (χ1v) is 8.77. The molecule has 0 unspecified atom stereocenters. The van der Waals surface area contributed by atoms with E-state index in [9.17, 15) is 9.59 Å². The number of rotatable bonds is 4. The van der Waals surface area contributed by atoms with Gasteiger partial charge >= 0.3 is 0 Å². The number of anilines is 1. The molecule has 2 aromatic rings. The van der Waals surface area contributed by atoms with E-state index in [1.54, 1.807) is 23.1 Å². The average molecular weight is 374 g/mol. The predicted molar refractivity (Wildman–Crippen MR) is 99.7 cm³/mol. The highest BCUT2D eigenvalue weighted by atomic mass is 35.5. The molecule has 1 aliphatic heterocycles. The van der Waals surface area contributed by atoms with E-state index in [-0.39, 0.29) is 17.7 Å². The number of aromatic nitrogens is 3. The second-order valence-corrected chi connectivity index (χ2v) is 6.64. The van der Waals surface area contributed by atoms with Crippen LogP contribution in [-0.2, 0) is 9.59 Å². The molecular weight excluding hydrogens is 354 g/mol. The zero-order chi connectivity index (χ0) is 18.7. The maximum atomic E-state index is 12.5. The molecule has 136 valence electrons. The number of carbonyl (C=O) groups is 2. The number of nitrogens with one attached hydrogen (secondary N) is 2. The van der Waals surface area contributed by atoms with E-state index in [1.807, 2.05) is 6.92 Å². The van der Waals surface area contributed by atoms with Crippen LogP contribution >= 0.6 is 11.6 Å². The third kappa shape index (κ3) is 3.94. The number of likely N-dealkylation sites (tertiary alicyclic amines) is 1. The molecule has 7 nitrogen and oxygen atoms in total. The van der Waals surface area contributed by atoms with Crippen LogP contribution in [0.25, 0.3) is 11.4 Å². The van der Waals surface area contributed by atoms with Gasteiger partial charge in [0, 0.05) is 30.3 Å². The van der Waals surface area contributed by atoms with Crippen molar-refractivity contribution in [3.05, 3.63) is 41.7 Å². The highest BCUT2D eigenvalue weighted by molar-refractivity contribution is 6.33. The van der Waals surface area contributed by atoms with E-state index in [4.69, 9.17) is 11.6 Å².